The van der Waals surface area contributed by atoms with Crippen LogP contribution in [0.15, 0.2) is 41.0 Å². The summed E-state index contributed by atoms with van der Waals surface area (Å²) in [7, 11) is -5.79. The highest BCUT2D eigenvalue weighted by atomic mass is 32.2. The lowest BCUT2D eigenvalue weighted by molar-refractivity contribution is -0.115. The number of fused-ring (bicyclic) bond motifs is 4. The molecule has 0 aromatic heterocycles. The Kier molecular flexibility index (Phi) is 4.88. The molecule has 1 N–H and O–H groups in total. The van der Waals surface area contributed by atoms with Crippen molar-refractivity contribution in [2.75, 3.05) is 0 Å². The zero-order valence-corrected chi connectivity index (χ0v) is 21.1. The number of carbonyl (C=O) groups is 1. The van der Waals surface area contributed by atoms with Gasteiger partial charge in [-0.15, -0.1) is 0 Å². The summed E-state index contributed by atoms with van der Waals surface area (Å²) in [5.41, 5.74) is -1.59. The van der Waals surface area contributed by atoms with Crippen molar-refractivity contribution in [2.45, 2.75) is 82.2 Å². The van der Waals surface area contributed by atoms with Crippen LogP contribution < -0.4 is 4.18 Å². The van der Waals surface area contributed by atoms with Crippen molar-refractivity contribution in [1.82, 2.24) is 0 Å². The fraction of sp³-hybridized carbons (Fsp3) is 0.593. The molecule has 36 heavy (non-hydrogen) atoms. The van der Waals surface area contributed by atoms with Crippen LogP contribution in [0.3, 0.4) is 0 Å². The third kappa shape index (κ3) is 3.11. The Hall–Kier alpha value is -2.13. The van der Waals surface area contributed by atoms with Gasteiger partial charge in [-0.05, 0) is 87.1 Å². The Morgan fingerprint density at radius 2 is 1.86 bits per heavy atom. The van der Waals surface area contributed by atoms with Gasteiger partial charge in [-0.2, -0.15) is 21.6 Å². The van der Waals surface area contributed by atoms with Crippen molar-refractivity contribution in [3.8, 4) is 5.75 Å². The molecule has 1 saturated carbocycles. The lowest BCUT2D eigenvalue weighted by atomic mass is 9.46. The van der Waals surface area contributed by atoms with E-state index in [0.717, 1.165) is 36.0 Å². The third-order valence-corrected chi connectivity index (χ3v) is 11.0. The van der Waals surface area contributed by atoms with Gasteiger partial charge in [0.1, 0.15) is 5.75 Å². The topological polar surface area (TPSA) is 80.7 Å². The summed E-state index contributed by atoms with van der Waals surface area (Å²) < 4.78 is 66.7. The van der Waals surface area contributed by atoms with Gasteiger partial charge in [-0.3, -0.25) is 4.79 Å². The van der Waals surface area contributed by atoms with Crippen LogP contribution in [0.1, 0.15) is 75.8 Å². The number of ketones is 1. The second-order valence-corrected chi connectivity index (χ2v) is 13.3. The molecule has 5 atom stereocenters. The second kappa shape index (κ2) is 7.25. The quantitative estimate of drug-likeness (QED) is 0.316. The molecule has 0 amide bonds. The number of rotatable bonds is 2. The zero-order chi connectivity index (χ0) is 25.9. The minimum atomic E-state index is -5.79. The molecule has 1 fully saturated rings. The lowest BCUT2D eigenvalue weighted by Gasteiger charge is -2.58. The van der Waals surface area contributed by atoms with Crippen LogP contribution in [0.5, 0.6) is 5.75 Å². The number of hydrogen-bond donors (Lipinski definition) is 1. The largest absolute Gasteiger partial charge is 0.534 e. The Morgan fingerprint density at radius 3 is 2.58 bits per heavy atom. The molecule has 194 valence electrons. The van der Waals surface area contributed by atoms with Gasteiger partial charge in [-0.25, -0.2) is 0 Å². The summed E-state index contributed by atoms with van der Waals surface area (Å²) in [5, 5.41) is 11.4. The number of benzene rings is 1. The fourth-order valence-electron chi connectivity index (χ4n) is 8.19. The summed E-state index contributed by atoms with van der Waals surface area (Å²) >= 11 is 0. The van der Waals surface area contributed by atoms with E-state index in [1.807, 2.05) is 6.92 Å². The van der Waals surface area contributed by atoms with Crippen molar-refractivity contribution in [3.63, 3.8) is 0 Å². The molecule has 5 aliphatic rings. The van der Waals surface area contributed by atoms with Crippen molar-refractivity contribution in [1.29, 1.82) is 0 Å². The van der Waals surface area contributed by atoms with E-state index in [9.17, 15) is 31.5 Å². The highest BCUT2D eigenvalue weighted by Gasteiger charge is 2.62. The summed E-state index contributed by atoms with van der Waals surface area (Å²) in [5.74, 6) is -0.0634. The molecule has 5 aliphatic carbocycles. The maximum atomic E-state index is 13.0. The number of aliphatic hydroxyl groups is 1. The Balaban J connectivity index is 1.54. The van der Waals surface area contributed by atoms with Crippen LogP contribution in [0.25, 0.3) is 0 Å². The van der Waals surface area contributed by atoms with Gasteiger partial charge < -0.3 is 9.29 Å². The Bertz CT molecular complexity index is 1360. The summed E-state index contributed by atoms with van der Waals surface area (Å²) in [6.07, 6.45) is 7.23. The van der Waals surface area contributed by atoms with Crippen LogP contribution in [-0.4, -0.2) is 30.4 Å². The van der Waals surface area contributed by atoms with Crippen molar-refractivity contribution in [2.24, 2.45) is 16.7 Å². The number of carbonyl (C=O) groups excluding carboxylic acids is 1. The highest BCUT2D eigenvalue weighted by molar-refractivity contribution is 7.88. The zero-order valence-electron chi connectivity index (χ0n) is 20.2. The van der Waals surface area contributed by atoms with Crippen LogP contribution in [0.4, 0.5) is 13.2 Å². The molecule has 1 aromatic rings. The first-order valence-electron chi connectivity index (χ1n) is 12.5. The van der Waals surface area contributed by atoms with Gasteiger partial charge in [0.25, 0.3) is 0 Å². The molecule has 5 nitrogen and oxygen atoms in total. The molecule has 0 radical (unpaired) electrons. The molecule has 0 saturated heterocycles. The maximum Gasteiger partial charge on any atom is 0.534 e. The molecular formula is C27H29F3O5S. The van der Waals surface area contributed by atoms with E-state index >= 15 is 0 Å². The van der Waals surface area contributed by atoms with E-state index in [4.69, 9.17) is 0 Å². The fourth-order valence-corrected chi connectivity index (χ4v) is 8.64. The van der Waals surface area contributed by atoms with Gasteiger partial charge in [0.15, 0.2) is 5.78 Å². The van der Waals surface area contributed by atoms with Crippen LogP contribution in [0.2, 0.25) is 0 Å². The average Bonchev–Trinajstić information content (AvgIpc) is 3.01. The molecule has 0 aliphatic heterocycles. The number of hydrogen-bond acceptors (Lipinski definition) is 5. The predicted octanol–water partition coefficient (Wildman–Crippen LogP) is 5.49. The maximum absolute atomic E-state index is 13.0. The van der Waals surface area contributed by atoms with Gasteiger partial charge >= 0.3 is 15.6 Å². The summed E-state index contributed by atoms with van der Waals surface area (Å²) in [6, 6.07) is 4.41. The monoisotopic (exact) mass is 522 g/mol. The first kappa shape index (κ1) is 24.2. The van der Waals surface area contributed by atoms with Gasteiger partial charge in [0.2, 0.25) is 0 Å². The molecule has 6 rings (SSSR count). The predicted molar refractivity (Wildman–Crippen MR) is 126 cm³/mol. The van der Waals surface area contributed by atoms with E-state index in [1.54, 1.807) is 12.1 Å². The van der Waals surface area contributed by atoms with E-state index < -0.39 is 26.6 Å². The van der Waals surface area contributed by atoms with Crippen LogP contribution in [0, 0.1) is 16.7 Å². The normalized spacial score (nSPS) is 37.5. The SMILES string of the molecule is C[C@]1(O)CC[C@H]2C3=C4C(C[C@@]21C)c1ccc(OS(=O)(=O)C(F)(F)F)cc1C[C@@]41CCC(=O)C=C1CC3. The highest BCUT2D eigenvalue weighted by Crippen LogP contribution is 2.70. The molecule has 1 aromatic carbocycles. The molecule has 0 heterocycles. The molecule has 1 unspecified atom stereocenters. The summed E-state index contributed by atoms with van der Waals surface area (Å²) in [6.45, 7) is 4.06. The molecule has 9 heteroatoms. The number of halogens is 3. The van der Waals surface area contributed by atoms with Crippen molar-refractivity contribution >= 4 is 15.9 Å². The smallest absolute Gasteiger partial charge is 0.390 e. The van der Waals surface area contributed by atoms with Gasteiger partial charge in [0.05, 0.1) is 5.60 Å². The van der Waals surface area contributed by atoms with Crippen LogP contribution in [-0.2, 0) is 21.3 Å². The van der Waals surface area contributed by atoms with E-state index in [-0.39, 0.29) is 28.8 Å². The number of allylic oxidation sites excluding steroid dienone is 4. The lowest BCUT2D eigenvalue weighted by Crippen LogP contribution is -2.51. The second-order valence-electron chi connectivity index (χ2n) is 11.7. The van der Waals surface area contributed by atoms with Crippen molar-refractivity contribution < 1.29 is 35.7 Å². The van der Waals surface area contributed by atoms with E-state index in [0.29, 0.717) is 32.1 Å². The summed E-state index contributed by atoms with van der Waals surface area (Å²) in [4.78, 5) is 12.4. The average molecular weight is 523 g/mol. The van der Waals surface area contributed by atoms with Gasteiger partial charge in [0, 0.05) is 23.2 Å². The Labute approximate surface area is 208 Å². The van der Waals surface area contributed by atoms with Gasteiger partial charge in [-0.1, -0.05) is 29.7 Å². The molecule has 1 spiro atoms. The molecule has 0 bridgehead atoms. The Morgan fingerprint density at radius 1 is 1.11 bits per heavy atom. The van der Waals surface area contributed by atoms with Crippen LogP contribution >= 0.6 is 0 Å². The number of alkyl halides is 3. The van der Waals surface area contributed by atoms with E-state index in [2.05, 4.69) is 11.1 Å². The van der Waals surface area contributed by atoms with E-state index in [1.165, 1.54) is 23.3 Å². The standard InChI is InChI=1S/C27H29F3O5S/c1-24-14-21-19-6-4-18(35-36(33,34)27(28,29)30)11-15(19)13-26-10-7-17(31)12-16(26)3-5-20(23(21)26)22(24)8-9-25(24,2)32/h4,6,11-12,21-22,32H,3,5,7-10,13-14H2,1-2H3/t21?,22-,24-,25-,26+/m0/s1. The first-order valence-corrected chi connectivity index (χ1v) is 13.9. The third-order valence-electron chi connectivity index (χ3n) is 10.1. The minimum absolute atomic E-state index is 0.0558. The minimum Gasteiger partial charge on any atom is -0.390 e. The van der Waals surface area contributed by atoms with Crippen molar-refractivity contribution in [3.05, 3.63) is 52.1 Å². The molecular weight excluding hydrogens is 493 g/mol. The first-order chi connectivity index (χ1) is 16.7.